The Morgan fingerprint density at radius 2 is 2.03 bits per heavy atom. The molecule has 162 valence electrons. The van der Waals surface area contributed by atoms with Crippen LogP contribution in [0, 0.1) is 11.6 Å². The molecule has 1 aromatic heterocycles. The summed E-state index contributed by atoms with van der Waals surface area (Å²) >= 11 is 0. The van der Waals surface area contributed by atoms with E-state index in [9.17, 15) is 22.0 Å². The van der Waals surface area contributed by atoms with Gasteiger partial charge in [-0.15, -0.1) is 0 Å². The number of aromatic nitrogens is 1. The van der Waals surface area contributed by atoms with Crippen LogP contribution in [0.3, 0.4) is 0 Å². The van der Waals surface area contributed by atoms with Crippen LogP contribution in [0.25, 0.3) is 0 Å². The number of amides is 1. The normalized spacial score (nSPS) is 17.6. The zero-order chi connectivity index (χ0) is 21.7. The number of pyridine rings is 1. The molecule has 1 unspecified atom stereocenters. The van der Waals surface area contributed by atoms with Gasteiger partial charge in [0.1, 0.15) is 18.2 Å². The van der Waals surface area contributed by atoms with Gasteiger partial charge in [0.15, 0.2) is 0 Å². The van der Waals surface area contributed by atoms with E-state index in [4.69, 9.17) is 4.74 Å². The minimum absolute atomic E-state index is 0.0240. The number of hydrogen-bond acceptors (Lipinski definition) is 5. The summed E-state index contributed by atoms with van der Waals surface area (Å²) in [5.74, 6) is -2.20. The van der Waals surface area contributed by atoms with Gasteiger partial charge < -0.3 is 9.64 Å². The maximum Gasteiger partial charge on any atom is 0.249 e. The minimum atomic E-state index is -4.11. The van der Waals surface area contributed by atoms with Gasteiger partial charge in [-0.3, -0.25) is 9.78 Å². The van der Waals surface area contributed by atoms with Crippen LogP contribution < -0.4 is 0 Å². The van der Waals surface area contributed by atoms with Crippen molar-refractivity contribution in [2.75, 3.05) is 26.8 Å². The molecule has 0 saturated carbocycles. The molecule has 1 aliphatic heterocycles. The molecular weight excluding hydrogens is 416 g/mol. The summed E-state index contributed by atoms with van der Waals surface area (Å²) in [5, 5.41) is 0. The summed E-state index contributed by atoms with van der Waals surface area (Å²) in [6.45, 7) is 0.341. The van der Waals surface area contributed by atoms with Crippen LogP contribution in [-0.2, 0) is 26.1 Å². The Balaban J connectivity index is 1.85. The van der Waals surface area contributed by atoms with E-state index in [1.54, 1.807) is 23.4 Å². The molecule has 1 saturated heterocycles. The summed E-state index contributed by atoms with van der Waals surface area (Å²) in [6, 6.07) is 5.39. The van der Waals surface area contributed by atoms with E-state index in [1.807, 2.05) is 6.07 Å². The molecule has 30 heavy (non-hydrogen) atoms. The third-order valence-electron chi connectivity index (χ3n) is 4.94. The van der Waals surface area contributed by atoms with Crippen LogP contribution >= 0.6 is 0 Å². The summed E-state index contributed by atoms with van der Waals surface area (Å²) in [7, 11) is -2.70. The standard InChI is InChI=1S/C20H23F2N3O4S/c1-29-14-20(26)25(12-15-4-2-6-23-11-15)18-5-3-7-24(13-18)30(27,28)19-9-16(21)8-17(22)10-19/h2,4,6,8-11,18H,3,5,7,12-14H2,1H3. The van der Waals surface area contributed by atoms with Gasteiger partial charge in [0.05, 0.1) is 4.90 Å². The highest BCUT2D eigenvalue weighted by Gasteiger charge is 2.35. The van der Waals surface area contributed by atoms with Crippen molar-refractivity contribution in [1.29, 1.82) is 0 Å². The monoisotopic (exact) mass is 439 g/mol. The highest BCUT2D eigenvalue weighted by Crippen LogP contribution is 2.25. The topological polar surface area (TPSA) is 79.8 Å². The van der Waals surface area contributed by atoms with Gasteiger partial charge in [-0.05, 0) is 36.6 Å². The van der Waals surface area contributed by atoms with Crippen LogP contribution in [0.4, 0.5) is 8.78 Å². The van der Waals surface area contributed by atoms with E-state index < -0.39 is 32.6 Å². The molecule has 0 spiro atoms. The number of sulfonamides is 1. The molecule has 2 aromatic rings. The molecule has 2 heterocycles. The van der Waals surface area contributed by atoms with E-state index in [2.05, 4.69) is 4.98 Å². The average Bonchev–Trinajstić information content (AvgIpc) is 2.72. The van der Waals surface area contributed by atoms with Crippen molar-refractivity contribution in [3.05, 3.63) is 59.9 Å². The zero-order valence-corrected chi connectivity index (χ0v) is 17.3. The predicted molar refractivity (Wildman–Crippen MR) is 105 cm³/mol. The lowest BCUT2D eigenvalue weighted by Gasteiger charge is -2.38. The SMILES string of the molecule is COCC(=O)N(Cc1cccnc1)C1CCCN(S(=O)(=O)c2cc(F)cc(F)c2)C1. The maximum atomic E-state index is 13.6. The van der Waals surface area contributed by atoms with Crippen LogP contribution in [0.15, 0.2) is 47.6 Å². The number of piperidine rings is 1. The molecule has 0 aliphatic carbocycles. The second-order valence-corrected chi connectivity index (χ2v) is 9.02. The Bertz CT molecular complexity index is 969. The first kappa shape index (κ1) is 22.3. The number of hydrogen-bond donors (Lipinski definition) is 0. The highest BCUT2D eigenvalue weighted by molar-refractivity contribution is 7.89. The van der Waals surface area contributed by atoms with Gasteiger partial charge in [0.2, 0.25) is 15.9 Å². The molecule has 1 amide bonds. The van der Waals surface area contributed by atoms with E-state index in [0.717, 1.165) is 17.7 Å². The third kappa shape index (κ3) is 5.18. The lowest BCUT2D eigenvalue weighted by molar-refractivity contribution is -0.139. The molecule has 7 nitrogen and oxygen atoms in total. The smallest absolute Gasteiger partial charge is 0.249 e. The Hall–Kier alpha value is -2.43. The van der Waals surface area contributed by atoms with Crippen molar-refractivity contribution in [2.45, 2.75) is 30.3 Å². The van der Waals surface area contributed by atoms with Crippen LogP contribution in [-0.4, -0.2) is 61.4 Å². The van der Waals surface area contributed by atoms with Gasteiger partial charge in [0, 0.05) is 51.2 Å². The summed E-state index contributed by atoms with van der Waals surface area (Å²) < 4.78 is 59.2. The molecular formula is C20H23F2N3O4S. The first-order chi connectivity index (χ1) is 14.3. The van der Waals surface area contributed by atoms with Crippen molar-refractivity contribution >= 4 is 15.9 Å². The second kappa shape index (κ2) is 9.59. The Labute approximate surface area is 174 Å². The number of carbonyl (C=O) groups excluding carboxylic acids is 1. The zero-order valence-electron chi connectivity index (χ0n) is 16.5. The van der Waals surface area contributed by atoms with E-state index in [-0.39, 0.29) is 32.1 Å². The molecule has 3 rings (SSSR count). The minimum Gasteiger partial charge on any atom is -0.375 e. The van der Waals surface area contributed by atoms with Crippen molar-refractivity contribution in [3.8, 4) is 0 Å². The van der Waals surface area contributed by atoms with Crippen LogP contribution in [0.2, 0.25) is 0 Å². The van der Waals surface area contributed by atoms with Crippen molar-refractivity contribution in [2.24, 2.45) is 0 Å². The molecule has 10 heteroatoms. The highest BCUT2D eigenvalue weighted by atomic mass is 32.2. The number of methoxy groups -OCH3 is 1. The first-order valence-electron chi connectivity index (χ1n) is 9.45. The van der Waals surface area contributed by atoms with Crippen molar-refractivity contribution in [3.63, 3.8) is 0 Å². The quantitative estimate of drug-likeness (QED) is 0.661. The number of benzene rings is 1. The second-order valence-electron chi connectivity index (χ2n) is 7.08. The van der Waals surface area contributed by atoms with Gasteiger partial charge >= 0.3 is 0 Å². The van der Waals surface area contributed by atoms with E-state index in [1.165, 1.54) is 11.4 Å². The molecule has 0 bridgehead atoms. The fourth-order valence-electron chi connectivity index (χ4n) is 3.54. The van der Waals surface area contributed by atoms with Gasteiger partial charge in [-0.25, -0.2) is 17.2 Å². The maximum absolute atomic E-state index is 13.6. The molecule has 1 atom stereocenters. The fourth-order valence-corrected chi connectivity index (χ4v) is 5.09. The number of rotatable bonds is 7. The Kier molecular flexibility index (Phi) is 7.11. The number of halogens is 2. The molecule has 1 aliphatic rings. The summed E-state index contributed by atoms with van der Waals surface area (Å²) in [4.78, 5) is 17.9. The number of ether oxygens (including phenoxy) is 1. The third-order valence-corrected chi connectivity index (χ3v) is 6.78. The number of nitrogens with zero attached hydrogens (tertiary/aromatic N) is 3. The van der Waals surface area contributed by atoms with E-state index in [0.29, 0.717) is 18.9 Å². The Morgan fingerprint density at radius 3 is 2.67 bits per heavy atom. The largest absolute Gasteiger partial charge is 0.375 e. The van der Waals surface area contributed by atoms with Crippen molar-refractivity contribution in [1.82, 2.24) is 14.2 Å². The fraction of sp³-hybridized carbons (Fsp3) is 0.400. The lowest BCUT2D eigenvalue weighted by atomic mass is 10.0. The Morgan fingerprint density at radius 1 is 1.30 bits per heavy atom. The first-order valence-corrected chi connectivity index (χ1v) is 10.9. The van der Waals surface area contributed by atoms with Gasteiger partial charge in [-0.2, -0.15) is 4.31 Å². The summed E-state index contributed by atoms with van der Waals surface area (Å²) in [5.41, 5.74) is 0.800. The van der Waals surface area contributed by atoms with Gasteiger partial charge in [-0.1, -0.05) is 6.07 Å². The molecule has 0 N–H and O–H groups in total. The predicted octanol–water partition coefficient (Wildman–Crippen LogP) is 2.19. The molecule has 1 aromatic carbocycles. The average molecular weight is 439 g/mol. The van der Waals surface area contributed by atoms with Crippen molar-refractivity contribution < 1.29 is 26.7 Å². The van der Waals surface area contributed by atoms with E-state index >= 15 is 0 Å². The molecule has 1 fully saturated rings. The van der Waals surface area contributed by atoms with Gasteiger partial charge in [0.25, 0.3) is 0 Å². The van der Waals surface area contributed by atoms with Crippen LogP contribution in [0.5, 0.6) is 0 Å². The number of carbonyl (C=O) groups is 1. The molecule has 0 radical (unpaired) electrons. The van der Waals surface area contributed by atoms with Crippen LogP contribution in [0.1, 0.15) is 18.4 Å². The summed E-state index contributed by atoms with van der Waals surface area (Å²) in [6.07, 6.45) is 4.36. The lowest BCUT2D eigenvalue weighted by Crippen LogP contribution is -2.52.